The van der Waals surface area contributed by atoms with Crippen molar-refractivity contribution in [3.63, 3.8) is 0 Å². The number of likely N-dealkylation sites (N-methyl/N-ethyl adjacent to an activating group) is 1. The first-order chi connectivity index (χ1) is 17.8. The number of amides is 3. The summed E-state index contributed by atoms with van der Waals surface area (Å²) < 4.78 is 10.6. The average molecular weight is 527 g/mol. The Morgan fingerprint density at radius 3 is 2.41 bits per heavy atom. The molecular formula is C27H31ClN4O5. The first-order valence-corrected chi connectivity index (χ1v) is 12.6. The van der Waals surface area contributed by atoms with Crippen molar-refractivity contribution in [2.45, 2.75) is 13.0 Å². The highest BCUT2D eigenvalue weighted by Crippen LogP contribution is 2.32. The molecule has 196 valence electrons. The van der Waals surface area contributed by atoms with Crippen LogP contribution in [0.1, 0.15) is 28.9 Å². The summed E-state index contributed by atoms with van der Waals surface area (Å²) in [6, 6.07) is 13.1. The SMILES string of the molecule is CCOC(=O)C1=C(CN2CCN(C(=O)c3ccc(OC)cc3)CC2)N(C)C(=O)NC1c1cccc(Cl)c1. The van der Waals surface area contributed by atoms with E-state index in [1.165, 1.54) is 4.90 Å². The summed E-state index contributed by atoms with van der Waals surface area (Å²) in [6.07, 6.45) is 0. The number of hydrogen-bond donors (Lipinski definition) is 1. The fraction of sp³-hybridized carbons (Fsp3) is 0.370. The van der Waals surface area contributed by atoms with Gasteiger partial charge in [-0.05, 0) is 48.9 Å². The smallest absolute Gasteiger partial charge is 0.338 e. The minimum absolute atomic E-state index is 0.0380. The van der Waals surface area contributed by atoms with Gasteiger partial charge in [0.1, 0.15) is 5.75 Å². The van der Waals surface area contributed by atoms with E-state index in [0.29, 0.717) is 65.9 Å². The number of benzene rings is 2. The standard InChI is InChI=1S/C27H31ClN4O5/c1-4-37-26(34)23-22(30(2)27(35)29-24(23)19-6-5-7-20(28)16-19)17-31-12-14-32(15-13-31)25(33)18-8-10-21(36-3)11-9-18/h5-11,16,24H,4,12-15,17H2,1-3H3,(H,29,35). The van der Waals surface area contributed by atoms with Crippen LogP contribution in [0.3, 0.4) is 0 Å². The number of hydrogen-bond acceptors (Lipinski definition) is 6. The molecule has 0 aromatic heterocycles. The van der Waals surface area contributed by atoms with E-state index < -0.39 is 12.0 Å². The normalized spacial score (nSPS) is 18.5. The second-order valence-electron chi connectivity index (χ2n) is 8.87. The summed E-state index contributed by atoms with van der Waals surface area (Å²) in [4.78, 5) is 44.4. The number of ether oxygens (including phenoxy) is 2. The Morgan fingerprint density at radius 1 is 1.08 bits per heavy atom. The summed E-state index contributed by atoms with van der Waals surface area (Å²) in [5, 5.41) is 3.41. The van der Waals surface area contributed by atoms with Crippen molar-refractivity contribution in [3.05, 3.63) is 76.0 Å². The molecule has 0 saturated carbocycles. The van der Waals surface area contributed by atoms with Crippen LogP contribution in [0.5, 0.6) is 5.75 Å². The first-order valence-electron chi connectivity index (χ1n) is 12.2. The highest BCUT2D eigenvalue weighted by Gasteiger charge is 2.38. The van der Waals surface area contributed by atoms with Gasteiger partial charge < -0.3 is 19.7 Å². The number of urea groups is 1. The van der Waals surface area contributed by atoms with Crippen molar-refractivity contribution in [1.82, 2.24) is 20.0 Å². The van der Waals surface area contributed by atoms with Gasteiger partial charge in [0.05, 0.1) is 25.3 Å². The third-order valence-electron chi connectivity index (χ3n) is 6.62. The van der Waals surface area contributed by atoms with E-state index >= 15 is 0 Å². The van der Waals surface area contributed by atoms with Crippen molar-refractivity contribution in [1.29, 1.82) is 0 Å². The van der Waals surface area contributed by atoms with Crippen molar-refractivity contribution >= 4 is 29.5 Å². The molecule has 4 rings (SSSR count). The average Bonchev–Trinajstić information content (AvgIpc) is 2.91. The summed E-state index contributed by atoms with van der Waals surface area (Å²) in [5.41, 5.74) is 2.25. The molecule has 0 bridgehead atoms. The Morgan fingerprint density at radius 2 is 1.78 bits per heavy atom. The number of piperazine rings is 1. The quantitative estimate of drug-likeness (QED) is 0.557. The Labute approximate surface area is 221 Å². The third kappa shape index (κ3) is 5.89. The zero-order chi connectivity index (χ0) is 26.5. The van der Waals surface area contributed by atoms with Gasteiger partial charge in [0.2, 0.25) is 0 Å². The number of carbonyl (C=O) groups excluding carboxylic acids is 3. The molecule has 0 spiro atoms. The summed E-state index contributed by atoms with van der Waals surface area (Å²) in [6.45, 7) is 4.57. The predicted molar refractivity (Wildman–Crippen MR) is 139 cm³/mol. The lowest BCUT2D eigenvalue weighted by Crippen LogP contribution is -2.53. The van der Waals surface area contributed by atoms with E-state index in [-0.39, 0.29) is 18.5 Å². The number of nitrogens with zero attached hydrogens (tertiary/aromatic N) is 3. The van der Waals surface area contributed by atoms with Crippen molar-refractivity contribution in [3.8, 4) is 5.75 Å². The molecule has 2 aliphatic rings. The Hall–Kier alpha value is -3.56. The molecular weight excluding hydrogens is 496 g/mol. The molecule has 0 radical (unpaired) electrons. The maximum absolute atomic E-state index is 13.1. The van der Waals surface area contributed by atoms with Gasteiger partial charge in [-0.25, -0.2) is 9.59 Å². The van der Waals surface area contributed by atoms with Crippen LogP contribution < -0.4 is 10.1 Å². The molecule has 2 heterocycles. The molecule has 10 heteroatoms. The molecule has 1 fully saturated rings. The van der Waals surface area contributed by atoms with Crippen LogP contribution >= 0.6 is 11.6 Å². The number of esters is 1. The molecule has 9 nitrogen and oxygen atoms in total. The van der Waals surface area contributed by atoms with E-state index in [1.54, 1.807) is 63.5 Å². The van der Waals surface area contributed by atoms with E-state index in [1.807, 2.05) is 11.0 Å². The predicted octanol–water partition coefficient (Wildman–Crippen LogP) is 3.32. The minimum Gasteiger partial charge on any atom is -0.497 e. The van der Waals surface area contributed by atoms with Gasteiger partial charge in [0.15, 0.2) is 0 Å². The molecule has 3 amide bonds. The van der Waals surface area contributed by atoms with E-state index in [0.717, 1.165) is 0 Å². The van der Waals surface area contributed by atoms with Crippen LogP contribution in [0.25, 0.3) is 0 Å². The number of methoxy groups -OCH3 is 1. The van der Waals surface area contributed by atoms with Crippen LogP contribution in [0.15, 0.2) is 59.8 Å². The van der Waals surface area contributed by atoms with Gasteiger partial charge in [-0.3, -0.25) is 14.6 Å². The molecule has 37 heavy (non-hydrogen) atoms. The zero-order valence-electron chi connectivity index (χ0n) is 21.2. The lowest BCUT2D eigenvalue weighted by Gasteiger charge is -2.39. The summed E-state index contributed by atoms with van der Waals surface area (Å²) in [7, 11) is 3.23. The second kappa shape index (κ2) is 11.7. The molecule has 1 saturated heterocycles. The summed E-state index contributed by atoms with van der Waals surface area (Å²) >= 11 is 6.21. The number of halogens is 1. The molecule has 1 N–H and O–H groups in total. The minimum atomic E-state index is -0.686. The lowest BCUT2D eigenvalue weighted by atomic mass is 9.94. The van der Waals surface area contributed by atoms with Crippen molar-refractivity contribution in [2.75, 3.05) is 53.5 Å². The number of nitrogens with one attached hydrogen (secondary N) is 1. The van der Waals surface area contributed by atoms with Crippen LogP contribution in [0.2, 0.25) is 5.02 Å². The van der Waals surface area contributed by atoms with Gasteiger partial charge in [-0.15, -0.1) is 0 Å². The van der Waals surface area contributed by atoms with Gasteiger partial charge in [0.25, 0.3) is 5.91 Å². The Balaban J connectivity index is 1.54. The zero-order valence-corrected chi connectivity index (χ0v) is 22.0. The van der Waals surface area contributed by atoms with Gasteiger partial charge in [0, 0.05) is 56.1 Å². The largest absolute Gasteiger partial charge is 0.497 e. The highest BCUT2D eigenvalue weighted by atomic mass is 35.5. The van der Waals surface area contributed by atoms with Crippen molar-refractivity contribution < 1.29 is 23.9 Å². The first kappa shape index (κ1) is 26.5. The van der Waals surface area contributed by atoms with Crippen molar-refractivity contribution in [2.24, 2.45) is 0 Å². The fourth-order valence-corrected chi connectivity index (χ4v) is 4.77. The second-order valence-corrected chi connectivity index (χ2v) is 9.31. The van der Waals surface area contributed by atoms with Gasteiger partial charge in [-0.2, -0.15) is 0 Å². The molecule has 1 unspecified atom stereocenters. The van der Waals surface area contributed by atoms with Crippen LogP contribution in [0.4, 0.5) is 4.79 Å². The number of carbonyl (C=O) groups is 3. The van der Waals surface area contributed by atoms with E-state index in [4.69, 9.17) is 21.1 Å². The van der Waals surface area contributed by atoms with Gasteiger partial charge >= 0.3 is 12.0 Å². The molecule has 0 aliphatic carbocycles. The maximum Gasteiger partial charge on any atom is 0.338 e. The van der Waals surface area contributed by atoms with E-state index in [2.05, 4.69) is 10.2 Å². The third-order valence-corrected chi connectivity index (χ3v) is 6.86. The monoisotopic (exact) mass is 526 g/mol. The Bertz CT molecular complexity index is 1190. The number of rotatable bonds is 7. The van der Waals surface area contributed by atoms with Gasteiger partial charge in [-0.1, -0.05) is 23.7 Å². The van der Waals surface area contributed by atoms with E-state index in [9.17, 15) is 14.4 Å². The summed E-state index contributed by atoms with van der Waals surface area (Å²) in [5.74, 6) is 0.176. The van der Waals surface area contributed by atoms with Crippen LogP contribution in [-0.2, 0) is 9.53 Å². The topological polar surface area (TPSA) is 91.4 Å². The molecule has 2 aromatic carbocycles. The van der Waals surface area contributed by atoms with Crippen LogP contribution in [0, 0.1) is 0 Å². The molecule has 1 atom stereocenters. The maximum atomic E-state index is 13.1. The molecule has 2 aliphatic heterocycles. The fourth-order valence-electron chi connectivity index (χ4n) is 4.57. The lowest BCUT2D eigenvalue weighted by molar-refractivity contribution is -0.139. The highest BCUT2D eigenvalue weighted by molar-refractivity contribution is 6.30. The molecule has 2 aromatic rings. The van der Waals surface area contributed by atoms with Crippen LogP contribution in [-0.4, -0.2) is 86.1 Å². The Kier molecular flexibility index (Phi) is 8.35.